The molecule has 0 aromatic heterocycles. The van der Waals surface area contributed by atoms with Gasteiger partial charge in [0.15, 0.2) is 0 Å². The van der Waals surface area contributed by atoms with Gasteiger partial charge in [0.2, 0.25) is 0 Å². The topological polar surface area (TPSA) is 0 Å². The van der Waals surface area contributed by atoms with Gasteiger partial charge in [-0.05, 0) is 190 Å². The van der Waals surface area contributed by atoms with E-state index in [2.05, 4.69) is 90.0 Å². The average Bonchev–Trinajstić information content (AvgIpc) is 2.78. The van der Waals surface area contributed by atoms with Gasteiger partial charge in [0.05, 0.1) is 0 Å². The van der Waals surface area contributed by atoms with Gasteiger partial charge >= 0.3 is 0 Å². The van der Waals surface area contributed by atoms with Crippen molar-refractivity contribution in [3.63, 3.8) is 0 Å². The summed E-state index contributed by atoms with van der Waals surface area (Å²) in [6.07, 6.45) is 0. The van der Waals surface area contributed by atoms with E-state index in [0.717, 1.165) is 0 Å². The van der Waals surface area contributed by atoms with E-state index in [1.165, 1.54) is 66.8 Å². The molecule has 33 heavy (non-hydrogen) atoms. The van der Waals surface area contributed by atoms with E-state index in [0.29, 0.717) is 5.92 Å². The lowest BCUT2D eigenvalue weighted by Gasteiger charge is -2.54. The van der Waals surface area contributed by atoms with Crippen molar-refractivity contribution in [3.8, 4) is 0 Å². The van der Waals surface area contributed by atoms with Crippen LogP contribution in [0.4, 0.5) is 0 Å². The quantitative estimate of drug-likeness (QED) is 0.331. The van der Waals surface area contributed by atoms with Crippen LogP contribution >= 0.6 is 0 Å². The average molecular weight is 437 g/mol. The molecule has 0 unspecified atom stereocenters. The highest BCUT2D eigenvalue weighted by Crippen LogP contribution is 2.64. The molecule has 0 nitrogen and oxygen atoms in total. The second kappa shape index (κ2) is 6.62. The predicted octanol–water partition coefficient (Wildman–Crippen LogP) is 8.55. The molecule has 0 spiro atoms. The van der Waals surface area contributed by atoms with Crippen LogP contribution < -0.4 is 0 Å². The molecule has 0 atom stereocenters. The Hall–Kier alpha value is -2.34. The summed E-state index contributed by atoms with van der Waals surface area (Å²) < 4.78 is 0. The third kappa shape index (κ3) is 2.28. The molecule has 0 fully saturated rings. The molecule has 0 aliphatic heterocycles. The molecule has 0 N–H and O–H groups in total. The highest BCUT2D eigenvalue weighted by atomic mass is 14.6. The minimum absolute atomic E-state index is 0.122. The Kier molecular flexibility index (Phi) is 4.50. The third-order valence-electron chi connectivity index (χ3n) is 10.6. The standard InChI is InChI=1S/C33H40/c1-14-17(4)23(10)30-26(20(14)7)29-27-21(8)15(2)18(5)24(11)31(27)33(30,13)32-25(12)19(6)16(3)22(9)28(29)32/h29H,1-13H3. The first-order valence-electron chi connectivity index (χ1n) is 12.6. The number of rotatable bonds is 0. The fraction of sp³-hybridized carbons (Fsp3) is 0.455. The second-order valence-electron chi connectivity index (χ2n) is 11.4. The van der Waals surface area contributed by atoms with Crippen LogP contribution in [0.3, 0.4) is 0 Å². The van der Waals surface area contributed by atoms with E-state index < -0.39 is 0 Å². The number of hydrogen-bond acceptors (Lipinski definition) is 0. The van der Waals surface area contributed by atoms with Gasteiger partial charge in [-0.2, -0.15) is 0 Å². The first-order valence-corrected chi connectivity index (χ1v) is 12.6. The molecule has 0 saturated carbocycles. The van der Waals surface area contributed by atoms with Crippen molar-refractivity contribution in [2.75, 3.05) is 0 Å². The molecular weight excluding hydrogens is 396 g/mol. The molecule has 0 radical (unpaired) electrons. The van der Waals surface area contributed by atoms with E-state index in [1.807, 2.05) is 0 Å². The minimum atomic E-state index is -0.122. The summed E-state index contributed by atoms with van der Waals surface area (Å²) in [6.45, 7) is 30.9. The molecule has 6 rings (SSSR count). The Balaban J connectivity index is 2.15. The molecule has 172 valence electrons. The lowest BCUT2D eigenvalue weighted by molar-refractivity contribution is 0.570. The Morgan fingerprint density at radius 1 is 0.333 bits per heavy atom. The van der Waals surface area contributed by atoms with Gasteiger partial charge < -0.3 is 0 Å². The zero-order chi connectivity index (χ0) is 24.5. The van der Waals surface area contributed by atoms with Crippen molar-refractivity contribution in [1.29, 1.82) is 0 Å². The first kappa shape index (κ1) is 22.5. The van der Waals surface area contributed by atoms with Gasteiger partial charge in [-0.1, -0.05) is 0 Å². The molecule has 0 saturated heterocycles. The van der Waals surface area contributed by atoms with Crippen molar-refractivity contribution < 1.29 is 0 Å². The van der Waals surface area contributed by atoms with E-state index >= 15 is 0 Å². The van der Waals surface area contributed by atoms with Crippen LogP contribution in [0, 0.1) is 83.1 Å². The van der Waals surface area contributed by atoms with Gasteiger partial charge in [-0.25, -0.2) is 0 Å². The SMILES string of the molecule is Cc1c(C)c(C)c2c(c1C)C1c3c(C)c(C)c(C)c(C)c3C2(C)c2c(C)c(C)c(C)c(C)c21. The van der Waals surface area contributed by atoms with Crippen molar-refractivity contribution in [2.45, 2.75) is 101 Å². The van der Waals surface area contributed by atoms with E-state index in [4.69, 9.17) is 0 Å². The summed E-state index contributed by atoms with van der Waals surface area (Å²) in [7, 11) is 0. The maximum Gasteiger partial charge on any atom is 0.0440 e. The lowest BCUT2D eigenvalue weighted by atomic mass is 9.48. The first-order chi connectivity index (χ1) is 15.3. The summed E-state index contributed by atoms with van der Waals surface area (Å²) in [5.41, 5.74) is 27.4. The van der Waals surface area contributed by atoms with Crippen LogP contribution in [-0.2, 0) is 5.41 Å². The largest absolute Gasteiger partial charge is 0.0472 e. The smallest absolute Gasteiger partial charge is 0.0440 e. The van der Waals surface area contributed by atoms with Crippen LogP contribution in [0.25, 0.3) is 0 Å². The third-order valence-corrected chi connectivity index (χ3v) is 10.6. The molecule has 3 aliphatic rings. The van der Waals surface area contributed by atoms with Crippen LogP contribution in [0.15, 0.2) is 0 Å². The van der Waals surface area contributed by atoms with Gasteiger partial charge in [0.25, 0.3) is 0 Å². The van der Waals surface area contributed by atoms with E-state index in [1.54, 1.807) is 33.4 Å². The highest BCUT2D eigenvalue weighted by molar-refractivity contribution is 5.81. The van der Waals surface area contributed by atoms with Crippen LogP contribution in [0.5, 0.6) is 0 Å². The summed E-state index contributed by atoms with van der Waals surface area (Å²) in [6, 6.07) is 0. The van der Waals surface area contributed by atoms with Crippen LogP contribution in [0.1, 0.15) is 113 Å². The Morgan fingerprint density at radius 2 is 0.545 bits per heavy atom. The van der Waals surface area contributed by atoms with Gasteiger partial charge in [0.1, 0.15) is 0 Å². The summed E-state index contributed by atoms with van der Waals surface area (Å²) in [5.74, 6) is 0.334. The monoisotopic (exact) mass is 436 g/mol. The predicted molar refractivity (Wildman–Crippen MR) is 143 cm³/mol. The van der Waals surface area contributed by atoms with E-state index in [9.17, 15) is 0 Å². The molecule has 3 aliphatic carbocycles. The molecule has 3 aromatic rings. The molecule has 0 amide bonds. The maximum absolute atomic E-state index is 2.56. The fourth-order valence-electron chi connectivity index (χ4n) is 7.85. The Morgan fingerprint density at radius 3 is 0.788 bits per heavy atom. The summed E-state index contributed by atoms with van der Waals surface area (Å²) >= 11 is 0. The van der Waals surface area contributed by atoms with Crippen molar-refractivity contribution in [3.05, 3.63) is 100 Å². The zero-order valence-electron chi connectivity index (χ0n) is 23.1. The van der Waals surface area contributed by atoms with Gasteiger partial charge in [0, 0.05) is 11.3 Å². The van der Waals surface area contributed by atoms with Crippen LogP contribution in [0.2, 0.25) is 0 Å². The molecule has 0 heterocycles. The van der Waals surface area contributed by atoms with Gasteiger partial charge in [-0.3, -0.25) is 0 Å². The van der Waals surface area contributed by atoms with Crippen LogP contribution in [-0.4, -0.2) is 0 Å². The minimum Gasteiger partial charge on any atom is -0.0472 e. The lowest BCUT2D eigenvalue weighted by Crippen LogP contribution is -2.44. The fourth-order valence-corrected chi connectivity index (χ4v) is 7.85. The summed E-state index contributed by atoms with van der Waals surface area (Å²) in [5, 5.41) is 0. The molecule has 2 bridgehead atoms. The van der Waals surface area contributed by atoms with Gasteiger partial charge in [-0.15, -0.1) is 0 Å². The summed E-state index contributed by atoms with van der Waals surface area (Å²) in [4.78, 5) is 0. The Bertz CT molecular complexity index is 1250. The zero-order valence-corrected chi connectivity index (χ0v) is 23.1. The van der Waals surface area contributed by atoms with Crippen molar-refractivity contribution in [1.82, 2.24) is 0 Å². The number of hydrogen-bond donors (Lipinski definition) is 0. The second-order valence-corrected chi connectivity index (χ2v) is 11.4. The van der Waals surface area contributed by atoms with E-state index in [-0.39, 0.29) is 5.41 Å². The van der Waals surface area contributed by atoms with Crippen molar-refractivity contribution >= 4 is 0 Å². The normalized spacial score (nSPS) is 20.1. The highest BCUT2D eigenvalue weighted by Gasteiger charge is 2.54. The Labute approximate surface area is 201 Å². The maximum atomic E-state index is 2.56. The molecule has 3 aromatic carbocycles. The van der Waals surface area contributed by atoms with Crippen molar-refractivity contribution in [2.24, 2.45) is 0 Å². The number of benzene rings is 3. The molecule has 0 heteroatoms. The molecular formula is C33H40.